The lowest BCUT2D eigenvalue weighted by Crippen LogP contribution is -2.26. The van der Waals surface area contributed by atoms with E-state index in [1.807, 2.05) is 0 Å². The largest absolute Gasteiger partial charge is 0.344 e. The first kappa shape index (κ1) is 15.5. The van der Waals surface area contributed by atoms with Crippen molar-refractivity contribution in [2.24, 2.45) is 5.92 Å². The first-order chi connectivity index (χ1) is 9.17. The van der Waals surface area contributed by atoms with Crippen LogP contribution in [-0.2, 0) is 6.54 Å². The Balaban J connectivity index is 2.66. The standard InChI is InChI=1S/C15H24N4/c1-5-7-19(8-6-2)15-12-17-11-14(18-15)10-16-9-13(3)4/h1,11-13,16H,6-10H2,2-4H3. The van der Waals surface area contributed by atoms with E-state index >= 15 is 0 Å². The average molecular weight is 260 g/mol. The first-order valence-electron chi connectivity index (χ1n) is 6.87. The fourth-order valence-electron chi connectivity index (χ4n) is 1.78. The van der Waals surface area contributed by atoms with E-state index in [1.54, 1.807) is 12.4 Å². The Kier molecular flexibility index (Phi) is 6.91. The Labute approximate surface area is 116 Å². The molecule has 104 valence electrons. The Morgan fingerprint density at radius 2 is 2.21 bits per heavy atom. The molecule has 0 aromatic carbocycles. The van der Waals surface area contributed by atoms with Crippen LogP contribution in [0, 0.1) is 18.3 Å². The zero-order valence-electron chi connectivity index (χ0n) is 12.2. The van der Waals surface area contributed by atoms with Gasteiger partial charge < -0.3 is 10.2 Å². The van der Waals surface area contributed by atoms with Crippen LogP contribution < -0.4 is 10.2 Å². The number of aromatic nitrogens is 2. The quantitative estimate of drug-likeness (QED) is 0.727. The van der Waals surface area contributed by atoms with Crippen LogP contribution in [0.3, 0.4) is 0 Å². The smallest absolute Gasteiger partial charge is 0.148 e. The van der Waals surface area contributed by atoms with Crippen molar-refractivity contribution in [3.8, 4) is 12.3 Å². The number of hydrogen-bond donors (Lipinski definition) is 1. The molecule has 19 heavy (non-hydrogen) atoms. The van der Waals surface area contributed by atoms with Crippen molar-refractivity contribution in [2.75, 3.05) is 24.5 Å². The number of nitrogens with zero attached hydrogens (tertiary/aromatic N) is 3. The molecule has 1 N–H and O–H groups in total. The summed E-state index contributed by atoms with van der Waals surface area (Å²) >= 11 is 0. The van der Waals surface area contributed by atoms with E-state index in [1.165, 1.54) is 0 Å². The van der Waals surface area contributed by atoms with Crippen molar-refractivity contribution >= 4 is 5.82 Å². The second-order valence-corrected chi connectivity index (χ2v) is 5.02. The van der Waals surface area contributed by atoms with Crippen LogP contribution in [0.25, 0.3) is 0 Å². The molecule has 0 saturated carbocycles. The van der Waals surface area contributed by atoms with Gasteiger partial charge in [0.15, 0.2) is 0 Å². The highest BCUT2D eigenvalue weighted by molar-refractivity contribution is 5.38. The number of nitrogens with one attached hydrogen (secondary N) is 1. The van der Waals surface area contributed by atoms with Gasteiger partial charge in [-0.25, -0.2) is 4.98 Å². The van der Waals surface area contributed by atoms with Gasteiger partial charge >= 0.3 is 0 Å². The van der Waals surface area contributed by atoms with Gasteiger partial charge in [-0.1, -0.05) is 26.7 Å². The van der Waals surface area contributed by atoms with Crippen LogP contribution >= 0.6 is 0 Å². The van der Waals surface area contributed by atoms with Crippen molar-refractivity contribution in [1.29, 1.82) is 0 Å². The third kappa shape index (κ3) is 5.71. The minimum Gasteiger partial charge on any atom is -0.344 e. The normalized spacial score (nSPS) is 10.5. The molecule has 0 aliphatic carbocycles. The van der Waals surface area contributed by atoms with Crippen LogP contribution in [-0.4, -0.2) is 29.6 Å². The summed E-state index contributed by atoms with van der Waals surface area (Å²) in [7, 11) is 0. The molecule has 0 amide bonds. The summed E-state index contributed by atoms with van der Waals surface area (Å²) in [5.41, 5.74) is 0.955. The number of terminal acetylenes is 1. The highest BCUT2D eigenvalue weighted by Crippen LogP contribution is 2.10. The van der Waals surface area contributed by atoms with Crippen molar-refractivity contribution in [3.63, 3.8) is 0 Å². The molecule has 0 aliphatic rings. The van der Waals surface area contributed by atoms with Crippen molar-refractivity contribution < 1.29 is 0 Å². The van der Waals surface area contributed by atoms with Crippen LogP contribution in [0.4, 0.5) is 5.82 Å². The Morgan fingerprint density at radius 1 is 1.42 bits per heavy atom. The molecule has 0 spiro atoms. The molecule has 1 rings (SSSR count). The number of anilines is 1. The average Bonchev–Trinajstić information content (AvgIpc) is 2.38. The highest BCUT2D eigenvalue weighted by atomic mass is 15.2. The lowest BCUT2D eigenvalue weighted by atomic mass is 10.2. The summed E-state index contributed by atoms with van der Waals surface area (Å²) in [6, 6.07) is 0. The minimum absolute atomic E-state index is 0.575. The van der Waals surface area contributed by atoms with E-state index in [-0.39, 0.29) is 0 Å². The zero-order valence-corrected chi connectivity index (χ0v) is 12.2. The van der Waals surface area contributed by atoms with E-state index in [4.69, 9.17) is 6.42 Å². The van der Waals surface area contributed by atoms with Gasteiger partial charge in [-0.3, -0.25) is 4.98 Å². The third-order valence-corrected chi connectivity index (χ3v) is 2.63. The van der Waals surface area contributed by atoms with E-state index in [2.05, 4.69) is 46.9 Å². The SMILES string of the molecule is C#CCN(CCC)c1cncc(CNCC(C)C)n1. The second-order valence-electron chi connectivity index (χ2n) is 5.02. The monoisotopic (exact) mass is 260 g/mol. The molecule has 4 heteroatoms. The highest BCUT2D eigenvalue weighted by Gasteiger charge is 2.07. The van der Waals surface area contributed by atoms with E-state index in [0.29, 0.717) is 12.5 Å². The summed E-state index contributed by atoms with van der Waals surface area (Å²) in [6.45, 7) is 9.71. The van der Waals surface area contributed by atoms with Crippen LogP contribution in [0.2, 0.25) is 0 Å². The van der Waals surface area contributed by atoms with Crippen LogP contribution in [0.5, 0.6) is 0 Å². The van der Waals surface area contributed by atoms with Gasteiger partial charge in [0.25, 0.3) is 0 Å². The molecule has 0 atom stereocenters. The lowest BCUT2D eigenvalue weighted by molar-refractivity contribution is 0.547. The molecule has 4 nitrogen and oxygen atoms in total. The van der Waals surface area contributed by atoms with Crippen LogP contribution in [0.15, 0.2) is 12.4 Å². The maximum atomic E-state index is 5.40. The zero-order chi connectivity index (χ0) is 14.1. The summed E-state index contributed by atoms with van der Waals surface area (Å²) in [5.74, 6) is 4.17. The summed E-state index contributed by atoms with van der Waals surface area (Å²) < 4.78 is 0. The molecule has 0 saturated heterocycles. The molecular weight excluding hydrogens is 236 g/mol. The third-order valence-electron chi connectivity index (χ3n) is 2.63. The summed E-state index contributed by atoms with van der Waals surface area (Å²) in [4.78, 5) is 10.9. The maximum absolute atomic E-state index is 5.40. The Hall–Kier alpha value is -1.60. The lowest BCUT2D eigenvalue weighted by Gasteiger charge is -2.20. The first-order valence-corrected chi connectivity index (χ1v) is 6.87. The summed E-state index contributed by atoms with van der Waals surface area (Å²) in [6.07, 6.45) is 10.0. The molecule has 0 unspecified atom stereocenters. The van der Waals surface area contributed by atoms with Crippen LogP contribution in [0.1, 0.15) is 32.9 Å². The van der Waals surface area contributed by atoms with Crippen molar-refractivity contribution in [2.45, 2.75) is 33.7 Å². The van der Waals surface area contributed by atoms with E-state index in [0.717, 1.165) is 37.6 Å². The molecule has 1 aromatic rings. The van der Waals surface area contributed by atoms with Crippen molar-refractivity contribution in [3.05, 3.63) is 18.1 Å². The van der Waals surface area contributed by atoms with Gasteiger partial charge in [0, 0.05) is 19.3 Å². The molecule has 0 aliphatic heterocycles. The summed E-state index contributed by atoms with van der Waals surface area (Å²) in [5, 5.41) is 3.37. The topological polar surface area (TPSA) is 41.1 Å². The van der Waals surface area contributed by atoms with Gasteiger partial charge in [-0.15, -0.1) is 6.42 Å². The molecular formula is C15H24N4. The Bertz CT molecular complexity index is 409. The molecule has 0 bridgehead atoms. The minimum atomic E-state index is 0.575. The van der Waals surface area contributed by atoms with Gasteiger partial charge in [-0.05, 0) is 18.9 Å². The molecule has 1 aromatic heterocycles. The van der Waals surface area contributed by atoms with E-state index in [9.17, 15) is 0 Å². The number of hydrogen-bond acceptors (Lipinski definition) is 4. The Morgan fingerprint density at radius 3 is 2.84 bits per heavy atom. The van der Waals surface area contributed by atoms with E-state index < -0.39 is 0 Å². The van der Waals surface area contributed by atoms with Gasteiger partial charge in [-0.2, -0.15) is 0 Å². The van der Waals surface area contributed by atoms with Gasteiger partial charge in [0.05, 0.1) is 18.4 Å². The maximum Gasteiger partial charge on any atom is 0.148 e. The fraction of sp³-hybridized carbons (Fsp3) is 0.600. The predicted molar refractivity (Wildman–Crippen MR) is 79.9 cm³/mol. The predicted octanol–water partition coefficient (Wildman–Crippen LogP) is 2.07. The van der Waals surface area contributed by atoms with Crippen molar-refractivity contribution in [1.82, 2.24) is 15.3 Å². The number of rotatable bonds is 8. The molecule has 0 fully saturated rings. The van der Waals surface area contributed by atoms with Gasteiger partial charge in [0.1, 0.15) is 5.82 Å². The fourth-order valence-corrected chi connectivity index (χ4v) is 1.78. The molecule has 0 radical (unpaired) electrons. The van der Waals surface area contributed by atoms with Gasteiger partial charge in [0.2, 0.25) is 0 Å². The second kappa shape index (κ2) is 8.49. The molecule has 1 heterocycles.